The molecular weight excluding hydrogens is 330 g/mol. The largest absolute Gasteiger partial charge is 0.347 e. The van der Waals surface area contributed by atoms with Crippen LogP contribution in [0.1, 0.15) is 12.0 Å². The van der Waals surface area contributed by atoms with Crippen molar-refractivity contribution < 1.29 is 4.79 Å². The van der Waals surface area contributed by atoms with Crippen molar-refractivity contribution >= 4 is 33.8 Å². The number of rotatable bonds is 3. The number of fused-ring (bicyclic) bond motifs is 2. The number of hydrogen-bond donors (Lipinski definition) is 0. The highest BCUT2D eigenvalue weighted by molar-refractivity contribution is 5.87. The Hall–Kier alpha value is -3.42. The summed E-state index contributed by atoms with van der Waals surface area (Å²) in [5.74, 6) is 0.915. The highest BCUT2D eigenvalue weighted by Gasteiger charge is 2.22. The molecule has 0 amide bonds. The number of carbonyl (C=O) groups is 1. The van der Waals surface area contributed by atoms with Crippen LogP contribution in [-0.2, 0) is 11.3 Å². The number of ketones is 1. The van der Waals surface area contributed by atoms with Crippen molar-refractivity contribution in [2.45, 2.75) is 13.0 Å². The SMILES string of the molecule is O=C1CCN(c2cnc3nnn(Cc4ccc5ncccc5c4)c3n2)C1. The molecular formula is C18H15N7O. The van der Waals surface area contributed by atoms with Gasteiger partial charge in [0.05, 0.1) is 24.8 Å². The van der Waals surface area contributed by atoms with Crippen LogP contribution in [0.2, 0.25) is 0 Å². The summed E-state index contributed by atoms with van der Waals surface area (Å²) in [5.41, 5.74) is 3.16. The minimum atomic E-state index is 0.225. The van der Waals surface area contributed by atoms with Gasteiger partial charge in [0, 0.05) is 24.5 Å². The summed E-state index contributed by atoms with van der Waals surface area (Å²) in [6.45, 7) is 1.61. The predicted molar refractivity (Wildman–Crippen MR) is 95.8 cm³/mol. The fourth-order valence-corrected chi connectivity index (χ4v) is 3.23. The van der Waals surface area contributed by atoms with Crippen molar-refractivity contribution in [3.05, 3.63) is 48.3 Å². The van der Waals surface area contributed by atoms with Crippen LogP contribution < -0.4 is 4.90 Å². The Balaban J connectivity index is 1.50. The quantitative estimate of drug-likeness (QED) is 0.557. The molecule has 0 atom stereocenters. The topological polar surface area (TPSA) is 89.7 Å². The number of benzene rings is 1. The molecule has 128 valence electrons. The van der Waals surface area contributed by atoms with Gasteiger partial charge in [-0.2, -0.15) is 0 Å². The Morgan fingerprint density at radius 2 is 2.12 bits per heavy atom. The molecule has 0 unspecified atom stereocenters. The van der Waals surface area contributed by atoms with E-state index in [-0.39, 0.29) is 5.78 Å². The summed E-state index contributed by atoms with van der Waals surface area (Å²) in [4.78, 5) is 26.8. The summed E-state index contributed by atoms with van der Waals surface area (Å²) in [7, 11) is 0. The zero-order valence-corrected chi connectivity index (χ0v) is 13.9. The van der Waals surface area contributed by atoms with Gasteiger partial charge in [0.25, 0.3) is 0 Å². The van der Waals surface area contributed by atoms with E-state index in [2.05, 4.69) is 31.3 Å². The fourth-order valence-electron chi connectivity index (χ4n) is 3.23. The van der Waals surface area contributed by atoms with Gasteiger partial charge in [-0.1, -0.05) is 17.3 Å². The van der Waals surface area contributed by atoms with Crippen molar-refractivity contribution in [3.8, 4) is 0 Å². The van der Waals surface area contributed by atoms with E-state index < -0.39 is 0 Å². The van der Waals surface area contributed by atoms with Crippen molar-refractivity contribution in [2.24, 2.45) is 0 Å². The third kappa shape index (κ3) is 2.55. The van der Waals surface area contributed by atoms with Gasteiger partial charge in [0.15, 0.2) is 11.4 Å². The lowest BCUT2D eigenvalue weighted by Gasteiger charge is -2.14. The van der Waals surface area contributed by atoms with Gasteiger partial charge in [-0.15, -0.1) is 5.10 Å². The van der Waals surface area contributed by atoms with Gasteiger partial charge < -0.3 is 4.90 Å². The van der Waals surface area contributed by atoms with Crippen molar-refractivity contribution in [3.63, 3.8) is 0 Å². The van der Waals surface area contributed by atoms with E-state index in [0.29, 0.717) is 43.2 Å². The maximum absolute atomic E-state index is 11.5. The molecule has 1 saturated heterocycles. The predicted octanol–water partition coefficient (Wildman–Crippen LogP) is 1.60. The average molecular weight is 345 g/mol. The first-order chi connectivity index (χ1) is 12.8. The lowest BCUT2D eigenvalue weighted by atomic mass is 10.1. The molecule has 1 fully saturated rings. The van der Waals surface area contributed by atoms with E-state index in [1.165, 1.54) is 0 Å². The first-order valence-electron chi connectivity index (χ1n) is 8.43. The number of anilines is 1. The minimum Gasteiger partial charge on any atom is -0.347 e. The zero-order chi connectivity index (χ0) is 17.5. The number of Topliss-reactive ketones (excluding diaryl/α,β-unsaturated/α-hetero) is 1. The first kappa shape index (κ1) is 14.9. The second-order valence-corrected chi connectivity index (χ2v) is 6.36. The summed E-state index contributed by atoms with van der Waals surface area (Å²) in [6.07, 6.45) is 4.00. The number of pyridine rings is 1. The lowest BCUT2D eigenvalue weighted by Crippen LogP contribution is -2.21. The van der Waals surface area contributed by atoms with Gasteiger partial charge >= 0.3 is 0 Å². The molecule has 0 saturated carbocycles. The summed E-state index contributed by atoms with van der Waals surface area (Å²) in [5, 5.41) is 9.38. The molecule has 0 bridgehead atoms. The Labute approximate surface area is 148 Å². The van der Waals surface area contributed by atoms with Crippen LogP contribution in [0.4, 0.5) is 5.82 Å². The Morgan fingerprint density at radius 1 is 1.15 bits per heavy atom. The van der Waals surface area contributed by atoms with Crippen LogP contribution in [0.3, 0.4) is 0 Å². The van der Waals surface area contributed by atoms with Crippen LogP contribution in [0.5, 0.6) is 0 Å². The van der Waals surface area contributed by atoms with Gasteiger partial charge in [0.1, 0.15) is 5.82 Å². The van der Waals surface area contributed by atoms with E-state index in [1.54, 1.807) is 17.1 Å². The summed E-state index contributed by atoms with van der Waals surface area (Å²) in [6, 6.07) is 10.1. The fraction of sp³-hybridized carbons (Fsp3) is 0.222. The van der Waals surface area contributed by atoms with Crippen molar-refractivity contribution in [2.75, 3.05) is 18.0 Å². The molecule has 26 heavy (non-hydrogen) atoms. The van der Waals surface area contributed by atoms with Crippen LogP contribution >= 0.6 is 0 Å². The number of hydrogen-bond acceptors (Lipinski definition) is 7. The van der Waals surface area contributed by atoms with Crippen LogP contribution in [0.15, 0.2) is 42.7 Å². The standard InChI is InChI=1S/C18H15N7O/c26-14-5-7-24(11-14)16-9-20-17-18(21-16)25(23-22-17)10-12-3-4-15-13(8-12)2-1-6-19-15/h1-4,6,8-9H,5,7,10-11H2. The van der Waals surface area contributed by atoms with E-state index in [9.17, 15) is 4.79 Å². The van der Waals surface area contributed by atoms with Gasteiger partial charge in [-0.25, -0.2) is 14.6 Å². The number of aromatic nitrogens is 6. The highest BCUT2D eigenvalue weighted by atomic mass is 16.1. The zero-order valence-electron chi connectivity index (χ0n) is 13.9. The van der Waals surface area contributed by atoms with Crippen LogP contribution in [-0.4, -0.2) is 48.8 Å². The number of carbonyl (C=O) groups excluding carboxylic acids is 1. The molecule has 1 aromatic carbocycles. The minimum absolute atomic E-state index is 0.225. The molecule has 3 aromatic heterocycles. The van der Waals surface area contributed by atoms with Crippen LogP contribution in [0, 0.1) is 0 Å². The van der Waals surface area contributed by atoms with Crippen LogP contribution in [0.25, 0.3) is 22.2 Å². The summed E-state index contributed by atoms with van der Waals surface area (Å²) < 4.78 is 1.74. The van der Waals surface area contributed by atoms with Crippen molar-refractivity contribution in [1.29, 1.82) is 0 Å². The smallest absolute Gasteiger partial charge is 0.221 e. The maximum Gasteiger partial charge on any atom is 0.221 e. The molecule has 0 radical (unpaired) electrons. The molecule has 8 nitrogen and oxygen atoms in total. The molecule has 0 aliphatic carbocycles. The second-order valence-electron chi connectivity index (χ2n) is 6.36. The first-order valence-corrected chi connectivity index (χ1v) is 8.43. The second kappa shape index (κ2) is 5.83. The molecule has 4 aromatic rings. The molecule has 4 heterocycles. The van der Waals surface area contributed by atoms with Gasteiger partial charge in [-0.05, 0) is 23.8 Å². The molecule has 0 spiro atoms. The van der Waals surface area contributed by atoms with Crippen molar-refractivity contribution in [1.82, 2.24) is 29.9 Å². The third-order valence-corrected chi connectivity index (χ3v) is 4.57. The van der Waals surface area contributed by atoms with Gasteiger partial charge in [-0.3, -0.25) is 9.78 Å². The van der Waals surface area contributed by atoms with E-state index in [0.717, 1.165) is 16.5 Å². The molecule has 1 aliphatic heterocycles. The summed E-state index contributed by atoms with van der Waals surface area (Å²) >= 11 is 0. The monoisotopic (exact) mass is 345 g/mol. The average Bonchev–Trinajstić information content (AvgIpc) is 3.28. The molecule has 0 N–H and O–H groups in total. The van der Waals surface area contributed by atoms with E-state index in [1.807, 2.05) is 29.2 Å². The third-order valence-electron chi connectivity index (χ3n) is 4.57. The Bertz CT molecular complexity index is 1140. The highest BCUT2D eigenvalue weighted by Crippen LogP contribution is 2.19. The molecule has 8 heteroatoms. The Morgan fingerprint density at radius 3 is 3.00 bits per heavy atom. The molecule has 1 aliphatic rings. The maximum atomic E-state index is 11.5. The van der Waals surface area contributed by atoms with E-state index >= 15 is 0 Å². The van der Waals surface area contributed by atoms with E-state index in [4.69, 9.17) is 0 Å². The normalized spacial score (nSPS) is 14.6. The Kier molecular flexibility index (Phi) is 3.34. The lowest BCUT2D eigenvalue weighted by molar-refractivity contribution is -0.116. The molecule has 5 rings (SSSR count). The number of nitrogens with zero attached hydrogens (tertiary/aromatic N) is 7. The van der Waals surface area contributed by atoms with Gasteiger partial charge in [0.2, 0.25) is 5.65 Å².